The van der Waals surface area contributed by atoms with E-state index in [-0.39, 0.29) is 5.69 Å². The summed E-state index contributed by atoms with van der Waals surface area (Å²) in [6.45, 7) is 1.57. The van der Waals surface area contributed by atoms with E-state index < -0.39 is 11.0 Å². The summed E-state index contributed by atoms with van der Waals surface area (Å²) >= 11 is 8.11. The standard InChI is InChI=1S/C11H9ClN2O3S2/c1-6(15)9-4-8(14(16)17)11(18-9)19-10-3-2-7(12)5-13-10/h2-6,15H,1H3. The van der Waals surface area contributed by atoms with Crippen molar-refractivity contribution < 1.29 is 10.0 Å². The van der Waals surface area contributed by atoms with Crippen molar-refractivity contribution in [3.63, 3.8) is 0 Å². The molecule has 1 N–H and O–H groups in total. The van der Waals surface area contributed by atoms with Crippen LogP contribution in [0.3, 0.4) is 0 Å². The molecule has 19 heavy (non-hydrogen) atoms. The molecule has 0 aromatic carbocycles. The Morgan fingerprint density at radius 3 is 2.84 bits per heavy atom. The van der Waals surface area contributed by atoms with Crippen molar-refractivity contribution in [2.45, 2.75) is 22.3 Å². The van der Waals surface area contributed by atoms with Crippen molar-refractivity contribution in [2.24, 2.45) is 0 Å². The molecular formula is C11H9ClN2O3S2. The highest BCUT2D eigenvalue weighted by Gasteiger charge is 2.22. The van der Waals surface area contributed by atoms with Crippen LogP contribution < -0.4 is 0 Å². The van der Waals surface area contributed by atoms with E-state index in [0.717, 1.165) is 0 Å². The van der Waals surface area contributed by atoms with Gasteiger partial charge < -0.3 is 5.11 Å². The lowest BCUT2D eigenvalue weighted by atomic mass is 10.3. The SMILES string of the molecule is CC(O)c1cc([N+](=O)[O-])c(Sc2ccc(Cl)cn2)s1. The average Bonchev–Trinajstić information content (AvgIpc) is 2.76. The summed E-state index contributed by atoms with van der Waals surface area (Å²) in [6, 6.07) is 4.76. The monoisotopic (exact) mass is 316 g/mol. The molecule has 2 aromatic rings. The Morgan fingerprint density at radius 2 is 2.32 bits per heavy atom. The van der Waals surface area contributed by atoms with Crippen molar-refractivity contribution in [2.75, 3.05) is 0 Å². The number of rotatable bonds is 4. The van der Waals surface area contributed by atoms with Crippen LogP contribution in [0.4, 0.5) is 5.69 Å². The molecule has 0 aliphatic carbocycles. The van der Waals surface area contributed by atoms with Gasteiger partial charge in [0.1, 0.15) is 9.24 Å². The molecule has 0 bridgehead atoms. The lowest BCUT2D eigenvalue weighted by Crippen LogP contribution is -1.87. The molecule has 2 heterocycles. The largest absolute Gasteiger partial charge is 0.388 e. The molecule has 100 valence electrons. The normalized spacial score (nSPS) is 12.4. The summed E-state index contributed by atoms with van der Waals surface area (Å²) in [5.41, 5.74) is -0.0114. The molecule has 0 saturated carbocycles. The van der Waals surface area contributed by atoms with E-state index in [2.05, 4.69) is 4.98 Å². The Morgan fingerprint density at radius 1 is 1.58 bits per heavy atom. The summed E-state index contributed by atoms with van der Waals surface area (Å²) < 4.78 is 0.496. The number of thiophene rings is 1. The maximum absolute atomic E-state index is 11.0. The predicted octanol–water partition coefficient (Wildman–Crippen LogP) is 3.91. The second-order valence-electron chi connectivity index (χ2n) is 3.67. The van der Waals surface area contributed by atoms with Gasteiger partial charge >= 0.3 is 0 Å². The van der Waals surface area contributed by atoms with Gasteiger partial charge in [-0.1, -0.05) is 23.4 Å². The molecule has 2 rings (SSSR count). The Labute approximate surface area is 122 Å². The second-order valence-corrected chi connectivity index (χ2v) is 6.48. The van der Waals surface area contributed by atoms with E-state index in [9.17, 15) is 15.2 Å². The van der Waals surface area contributed by atoms with Gasteiger partial charge in [-0.05, 0) is 19.1 Å². The molecule has 5 nitrogen and oxygen atoms in total. The van der Waals surface area contributed by atoms with Crippen LogP contribution in [0, 0.1) is 10.1 Å². The maximum atomic E-state index is 11.0. The molecule has 1 atom stereocenters. The molecule has 0 radical (unpaired) electrons. The van der Waals surface area contributed by atoms with E-state index in [1.807, 2.05) is 0 Å². The van der Waals surface area contributed by atoms with Gasteiger partial charge in [-0.25, -0.2) is 4.98 Å². The smallest absolute Gasteiger partial charge is 0.294 e. The molecule has 0 amide bonds. The van der Waals surface area contributed by atoms with Crippen LogP contribution in [0.2, 0.25) is 5.02 Å². The Kier molecular flexibility index (Phi) is 4.41. The highest BCUT2D eigenvalue weighted by molar-refractivity contribution is 8.01. The van der Waals surface area contributed by atoms with Crippen molar-refractivity contribution in [1.82, 2.24) is 4.98 Å². The summed E-state index contributed by atoms with van der Waals surface area (Å²) in [5.74, 6) is 0. The minimum absolute atomic E-state index is 0.0114. The van der Waals surface area contributed by atoms with Gasteiger partial charge in [0.2, 0.25) is 0 Å². The van der Waals surface area contributed by atoms with Gasteiger partial charge in [-0.2, -0.15) is 0 Å². The number of nitro groups is 1. The average molecular weight is 317 g/mol. The number of halogens is 1. The first-order valence-electron chi connectivity index (χ1n) is 5.23. The Balaban J connectivity index is 2.33. The van der Waals surface area contributed by atoms with Gasteiger partial charge in [0.25, 0.3) is 5.69 Å². The van der Waals surface area contributed by atoms with Crippen LogP contribution in [0.5, 0.6) is 0 Å². The van der Waals surface area contributed by atoms with Crippen molar-refractivity contribution in [1.29, 1.82) is 0 Å². The predicted molar refractivity (Wildman–Crippen MR) is 75.0 cm³/mol. The van der Waals surface area contributed by atoms with Crippen LogP contribution in [0.1, 0.15) is 17.9 Å². The number of aliphatic hydroxyl groups is 1. The fraction of sp³-hybridized carbons (Fsp3) is 0.182. The molecule has 8 heteroatoms. The first-order chi connectivity index (χ1) is 8.97. The fourth-order valence-corrected chi connectivity index (χ4v) is 3.59. The second kappa shape index (κ2) is 5.87. The van der Waals surface area contributed by atoms with Crippen molar-refractivity contribution in [3.8, 4) is 0 Å². The number of aromatic nitrogens is 1. The lowest BCUT2D eigenvalue weighted by Gasteiger charge is -1.98. The first kappa shape index (κ1) is 14.3. The summed E-state index contributed by atoms with van der Waals surface area (Å²) in [6.07, 6.45) is 0.759. The van der Waals surface area contributed by atoms with Crippen LogP contribution >= 0.6 is 34.7 Å². The zero-order valence-corrected chi connectivity index (χ0v) is 12.1. The molecule has 0 saturated heterocycles. The van der Waals surface area contributed by atoms with Gasteiger partial charge in [-0.3, -0.25) is 10.1 Å². The van der Waals surface area contributed by atoms with Crippen molar-refractivity contribution >= 4 is 40.4 Å². The van der Waals surface area contributed by atoms with Crippen LogP contribution in [0.25, 0.3) is 0 Å². The summed E-state index contributed by atoms with van der Waals surface area (Å²) in [4.78, 5) is 15.2. The van der Waals surface area contributed by atoms with E-state index in [0.29, 0.717) is 19.1 Å². The number of aliphatic hydroxyl groups excluding tert-OH is 1. The van der Waals surface area contributed by atoms with E-state index in [1.165, 1.54) is 35.4 Å². The zero-order chi connectivity index (χ0) is 14.0. The number of pyridine rings is 1. The molecular weight excluding hydrogens is 308 g/mol. The van der Waals surface area contributed by atoms with Crippen LogP contribution in [-0.4, -0.2) is 15.0 Å². The third-order valence-corrected chi connectivity index (χ3v) is 4.86. The topological polar surface area (TPSA) is 76.3 Å². The Hall–Kier alpha value is -1.15. The van der Waals surface area contributed by atoms with E-state index in [1.54, 1.807) is 19.1 Å². The van der Waals surface area contributed by atoms with Gasteiger partial charge in [0.05, 0.1) is 16.0 Å². The minimum atomic E-state index is -0.726. The highest BCUT2D eigenvalue weighted by Crippen LogP contribution is 2.42. The third kappa shape index (κ3) is 3.44. The third-order valence-electron chi connectivity index (χ3n) is 2.20. The highest BCUT2D eigenvalue weighted by atomic mass is 35.5. The van der Waals surface area contributed by atoms with Gasteiger partial charge in [-0.15, -0.1) is 11.3 Å². The van der Waals surface area contributed by atoms with Gasteiger partial charge in [0, 0.05) is 17.1 Å². The minimum Gasteiger partial charge on any atom is -0.388 e. The number of hydrogen-bond donors (Lipinski definition) is 1. The number of hydrogen-bond acceptors (Lipinski definition) is 6. The van der Waals surface area contributed by atoms with Crippen LogP contribution in [-0.2, 0) is 0 Å². The zero-order valence-electron chi connectivity index (χ0n) is 9.74. The molecule has 0 fully saturated rings. The Bertz CT molecular complexity index is 598. The summed E-state index contributed by atoms with van der Waals surface area (Å²) in [7, 11) is 0. The van der Waals surface area contributed by atoms with Crippen molar-refractivity contribution in [3.05, 3.63) is 44.4 Å². The van der Waals surface area contributed by atoms with E-state index in [4.69, 9.17) is 11.6 Å². The molecule has 1 unspecified atom stereocenters. The van der Waals surface area contributed by atoms with Crippen LogP contribution in [0.15, 0.2) is 33.6 Å². The maximum Gasteiger partial charge on any atom is 0.294 e. The fourth-order valence-electron chi connectivity index (χ4n) is 1.31. The van der Waals surface area contributed by atoms with Gasteiger partial charge in [0.15, 0.2) is 0 Å². The number of nitrogens with zero attached hydrogens (tertiary/aromatic N) is 2. The summed E-state index contributed by atoms with van der Waals surface area (Å²) in [5, 5.41) is 21.6. The molecule has 2 aromatic heterocycles. The first-order valence-corrected chi connectivity index (χ1v) is 7.24. The quantitative estimate of drug-likeness (QED) is 0.683. The lowest BCUT2D eigenvalue weighted by molar-refractivity contribution is -0.387. The molecule has 0 aliphatic rings. The molecule has 0 aliphatic heterocycles. The van der Waals surface area contributed by atoms with E-state index >= 15 is 0 Å². The molecule has 0 spiro atoms.